The smallest absolute Gasteiger partial charge is 0.123 e. The van der Waals surface area contributed by atoms with Gasteiger partial charge in [0.25, 0.3) is 0 Å². The molecule has 0 aromatic heterocycles. The van der Waals surface area contributed by atoms with E-state index in [4.69, 9.17) is 10.5 Å². The van der Waals surface area contributed by atoms with Crippen LogP contribution in [-0.4, -0.2) is 12.1 Å². The lowest BCUT2D eigenvalue weighted by atomic mass is 10.0. The van der Waals surface area contributed by atoms with Crippen molar-refractivity contribution in [2.75, 3.05) is 0 Å². The van der Waals surface area contributed by atoms with Gasteiger partial charge in [0.2, 0.25) is 0 Å². The normalized spacial score (nSPS) is 23.6. The Labute approximate surface area is 110 Å². The van der Waals surface area contributed by atoms with Gasteiger partial charge >= 0.3 is 0 Å². The van der Waals surface area contributed by atoms with Crippen LogP contribution in [0.25, 0.3) is 0 Å². The third-order valence-electron chi connectivity index (χ3n) is 4.25. The number of hydrogen-bond acceptors (Lipinski definition) is 2. The second-order valence-electron chi connectivity index (χ2n) is 5.99. The maximum Gasteiger partial charge on any atom is 0.123 e. The van der Waals surface area contributed by atoms with Gasteiger partial charge in [0, 0.05) is 12.5 Å². The summed E-state index contributed by atoms with van der Waals surface area (Å²) in [5.74, 6) is 1.92. The van der Waals surface area contributed by atoms with Crippen molar-refractivity contribution < 1.29 is 4.74 Å². The Kier molecular flexibility index (Phi) is 3.29. The lowest BCUT2D eigenvalue weighted by Crippen LogP contribution is -2.23. The Morgan fingerprint density at radius 2 is 2.22 bits per heavy atom. The zero-order valence-corrected chi connectivity index (χ0v) is 11.2. The minimum Gasteiger partial charge on any atom is -0.490 e. The van der Waals surface area contributed by atoms with Crippen molar-refractivity contribution in [2.45, 2.75) is 57.6 Å². The first kappa shape index (κ1) is 12.0. The molecule has 0 saturated heterocycles. The molecule has 1 heterocycles. The molecule has 2 unspecified atom stereocenters. The second kappa shape index (κ2) is 4.93. The third kappa shape index (κ3) is 2.69. The number of benzene rings is 1. The largest absolute Gasteiger partial charge is 0.490 e. The van der Waals surface area contributed by atoms with Crippen molar-refractivity contribution in [2.24, 2.45) is 11.7 Å². The van der Waals surface area contributed by atoms with E-state index in [-0.39, 0.29) is 0 Å². The molecule has 1 aliphatic carbocycles. The molecule has 2 N–H and O–H groups in total. The van der Waals surface area contributed by atoms with Gasteiger partial charge in [-0.3, -0.25) is 0 Å². The summed E-state index contributed by atoms with van der Waals surface area (Å²) in [6, 6.07) is 6.94. The van der Waals surface area contributed by atoms with Crippen LogP contribution < -0.4 is 10.5 Å². The van der Waals surface area contributed by atoms with Crippen molar-refractivity contribution in [3.05, 3.63) is 29.3 Å². The van der Waals surface area contributed by atoms with Crippen LogP contribution in [0.2, 0.25) is 0 Å². The van der Waals surface area contributed by atoms with Crippen LogP contribution in [0.3, 0.4) is 0 Å². The molecule has 2 aliphatic rings. The van der Waals surface area contributed by atoms with E-state index >= 15 is 0 Å². The number of rotatable bonds is 5. The molecule has 0 bridgehead atoms. The van der Waals surface area contributed by atoms with E-state index in [9.17, 15) is 0 Å². The highest BCUT2D eigenvalue weighted by atomic mass is 16.5. The van der Waals surface area contributed by atoms with E-state index in [1.807, 2.05) is 0 Å². The minimum absolute atomic E-state index is 0.383. The maximum absolute atomic E-state index is 6.13. The lowest BCUT2D eigenvalue weighted by molar-refractivity contribution is 0.215. The van der Waals surface area contributed by atoms with Gasteiger partial charge in [0.05, 0.1) is 0 Å². The summed E-state index contributed by atoms with van der Waals surface area (Å²) in [5, 5.41) is 0. The first-order valence-electron chi connectivity index (χ1n) is 7.24. The molecule has 2 heteroatoms. The highest BCUT2D eigenvalue weighted by molar-refractivity contribution is 5.40. The third-order valence-corrected chi connectivity index (χ3v) is 4.25. The molecule has 1 aromatic carbocycles. The topological polar surface area (TPSA) is 35.2 Å². The van der Waals surface area contributed by atoms with Gasteiger partial charge in [-0.05, 0) is 56.6 Å². The van der Waals surface area contributed by atoms with Crippen LogP contribution in [0.5, 0.6) is 5.75 Å². The fourth-order valence-corrected chi connectivity index (χ4v) is 2.95. The summed E-state index contributed by atoms with van der Waals surface area (Å²) in [7, 11) is 0. The molecule has 1 fully saturated rings. The Morgan fingerprint density at radius 3 is 3.00 bits per heavy atom. The van der Waals surface area contributed by atoms with E-state index in [0.29, 0.717) is 12.1 Å². The van der Waals surface area contributed by atoms with Crippen molar-refractivity contribution in [3.8, 4) is 5.75 Å². The molecule has 2 nitrogen and oxygen atoms in total. The summed E-state index contributed by atoms with van der Waals surface area (Å²) >= 11 is 0. The summed E-state index contributed by atoms with van der Waals surface area (Å²) < 4.78 is 5.98. The molecular weight excluding hydrogens is 222 g/mol. The van der Waals surface area contributed by atoms with Gasteiger partial charge in [-0.1, -0.05) is 17.7 Å². The molecule has 1 saturated carbocycles. The van der Waals surface area contributed by atoms with Crippen LogP contribution in [0.1, 0.15) is 43.2 Å². The molecule has 1 aliphatic heterocycles. The van der Waals surface area contributed by atoms with Gasteiger partial charge in [0.1, 0.15) is 11.9 Å². The van der Waals surface area contributed by atoms with E-state index in [1.165, 1.54) is 36.8 Å². The summed E-state index contributed by atoms with van der Waals surface area (Å²) in [4.78, 5) is 0. The first-order valence-corrected chi connectivity index (χ1v) is 7.24. The molecular formula is C16H23NO. The highest BCUT2D eigenvalue weighted by Gasteiger charge is 2.28. The van der Waals surface area contributed by atoms with E-state index in [1.54, 1.807) is 0 Å². The molecule has 98 valence electrons. The fourth-order valence-electron chi connectivity index (χ4n) is 2.95. The van der Waals surface area contributed by atoms with Gasteiger partial charge < -0.3 is 10.5 Å². The number of ether oxygens (including phenoxy) is 1. The summed E-state index contributed by atoms with van der Waals surface area (Å²) in [6.45, 7) is 2.14. The Morgan fingerprint density at radius 1 is 1.39 bits per heavy atom. The molecule has 18 heavy (non-hydrogen) atoms. The van der Waals surface area contributed by atoms with E-state index in [0.717, 1.165) is 24.5 Å². The molecule has 1 aromatic rings. The van der Waals surface area contributed by atoms with Gasteiger partial charge in [-0.15, -0.1) is 0 Å². The number of fused-ring (bicyclic) bond motifs is 1. The van der Waals surface area contributed by atoms with Crippen LogP contribution >= 0.6 is 0 Å². The zero-order chi connectivity index (χ0) is 12.5. The number of aryl methyl sites for hydroxylation is 1. The maximum atomic E-state index is 6.13. The van der Waals surface area contributed by atoms with Gasteiger partial charge in [0.15, 0.2) is 0 Å². The van der Waals surface area contributed by atoms with Crippen LogP contribution in [-0.2, 0) is 6.42 Å². The average Bonchev–Trinajstić information content (AvgIpc) is 3.11. The Bertz CT molecular complexity index is 425. The van der Waals surface area contributed by atoms with Crippen molar-refractivity contribution in [1.29, 1.82) is 0 Å². The van der Waals surface area contributed by atoms with Crippen molar-refractivity contribution in [1.82, 2.24) is 0 Å². The summed E-state index contributed by atoms with van der Waals surface area (Å²) in [5.41, 5.74) is 8.84. The zero-order valence-electron chi connectivity index (χ0n) is 11.2. The average molecular weight is 245 g/mol. The molecule has 3 rings (SSSR count). The lowest BCUT2D eigenvalue weighted by Gasteiger charge is -2.13. The number of hydrogen-bond donors (Lipinski definition) is 1. The Hall–Kier alpha value is -1.02. The first-order chi connectivity index (χ1) is 8.72. The van der Waals surface area contributed by atoms with Crippen LogP contribution in [0.4, 0.5) is 0 Å². The van der Waals surface area contributed by atoms with E-state index in [2.05, 4.69) is 25.1 Å². The number of nitrogens with two attached hydrogens (primary N) is 1. The molecule has 0 radical (unpaired) electrons. The SMILES string of the molecule is Cc1ccc2c(c1)CC(CCCC(N)C1CC1)O2. The predicted octanol–water partition coefficient (Wildman–Crippen LogP) is 3.21. The predicted molar refractivity (Wildman–Crippen MR) is 73.8 cm³/mol. The van der Waals surface area contributed by atoms with Gasteiger partial charge in [-0.25, -0.2) is 0 Å². The quantitative estimate of drug-likeness (QED) is 0.864. The van der Waals surface area contributed by atoms with Crippen molar-refractivity contribution >= 4 is 0 Å². The fraction of sp³-hybridized carbons (Fsp3) is 0.625. The molecule has 2 atom stereocenters. The second-order valence-corrected chi connectivity index (χ2v) is 5.99. The van der Waals surface area contributed by atoms with Gasteiger partial charge in [-0.2, -0.15) is 0 Å². The molecule has 0 spiro atoms. The Balaban J connectivity index is 1.45. The molecule has 0 amide bonds. The monoisotopic (exact) mass is 245 g/mol. The van der Waals surface area contributed by atoms with E-state index < -0.39 is 0 Å². The minimum atomic E-state index is 0.383. The van der Waals surface area contributed by atoms with Crippen molar-refractivity contribution in [3.63, 3.8) is 0 Å². The van der Waals surface area contributed by atoms with Crippen LogP contribution in [0.15, 0.2) is 18.2 Å². The standard InChI is InChI=1S/C16H23NO/c1-11-5-8-16-13(9-11)10-14(18-16)3-2-4-15(17)12-6-7-12/h5,8-9,12,14-15H,2-4,6-7,10,17H2,1H3. The summed E-state index contributed by atoms with van der Waals surface area (Å²) in [6.07, 6.45) is 7.68. The van der Waals surface area contributed by atoms with Crippen LogP contribution in [0, 0.1) is 12.8 Å². The highest BCUT2D eigenvalue weighted by Crippen LogP contribution is 2.34.